The molecule has 0 radical (unpaired) electrons. The quantitative estimate of drug-likeness (QED) is 0.0228. The summed E-state index contributed by atoms with van der Waals surface area (Å²) in [4.78, 5) is 51.1. The summed E-state index contributed by atoms with van der Waals surface area (Å²) in [6, 6.07) is 0. The summed E-state index contributed by atoms with van der Waals surface area (Å²) in [6.45, 7) is 5.91. The molecule has 434 valence electrons. The van der Waals surface area contributed by atoms with E-state index in [1.54, 1.807) is 0 Å². The first kappa shape index (κ1) is 69.7. The third-order valence-corrected chi connectivity index (χ3v) is 13.8. The summed E-state index contributed by atoms with van der Waals surface area (Å²) in [5, 5.41) is 31.5. The number of aliphatic carboxylic acids is 1. The first-order valence-corrected chi connectivity index (χ1v) is 30.6. The van der Waals surface area contributed by atoms with Crippen molar-refractivity contribution in [1.82, 2.24) is 0 Å². The van der Waals surface area contributed by atoms with E-state index in [2.05, 4.69) is 69.4 Å². The predicted octanol–water partition coefficient (Wildman–Crippen LogP) is 15.8. The van der Waals surface area contributed by atoms with Crippen molar-refractivity contribution in [2.24, 2.45) is 0 Å². The molecule has 0 saturated carbocycles. The van der Waals surface area contributed by atoms with Crippen LogP contribution in [-0.2, 0) is 42.9 Å². The van der Waals surface area contributed by atoms with Crippen LogP contribution in [0.2, 0.25) is 0 Å². The van der Waals surface area contributed by atoms with Crippen LogP contribution >= 0.6 is 0 Å². The van der Waals surface area contributed by atoms with E-state index < -0.39 is 67.3 Å². The molecule has 75 heavy (non-hydrogen) atoms. The van der Waals surface area contributed by atoms with Crippen molar-refractivity contribution in [3.8, 4) is 0 Å². The van der Waals surface area contributed by atoms with Crippen molar-refractivity contribution >= 4 is 23.9 Å². The predicted molar refractivity (Wildman–Crippen MR) is 303 cm³/mol. The summed E-state index contributed by atoms with van der Waals surface area (Å²) in [7, 11) is 0. The maximum Gasteiger partial charge on any atom is 0.335 e. The lowest BCUT2D eigenvalue weighted by atomic mass is 9.98. The van der Waals surface area contributed by atoms with E-state index in [9.17, 15) is 34.5 Å². The minimum atomic E-state index is -1.91. The van der Waals surface area contributed by atoms with Gasteiger partial charge in [0.15, 0.2) is 24.6 Å². The van der Waals surface area contributed by atoms with Crippen LogP contribution in [0, 0.1) is 0 Å². The van der Waals surface area contributed by atoms with Crippen LogP contribution in [0.3, 0.4) is 0 Å². The number of hydrogen-bond donors (Lipinski definition) is 3. The lowest BCUT2D eigenvalue weighted by Gasteiger charge is -2.40. The zero-order valence-electron chi connectivity index (χ0n) is 47.8. The average molecular weight is 1060 g/mol. The van der Waals surface area contributed by atoms with Crippen molar-refractivity contribution in [2.75, 3.05) is 13.2 Å². The smallest absolute Gasteiger partial charge is 0.335 e. The first-order chi connectivity index (χ1) is 36.6. The summed E-state index contributed by atoms with van der Waals surface area (Å²) < 4.78 is 28.4. The second-order valence-corrected chi connectivity index (χ2v) is 21.0. The number of allylic oxidation sites excluding steroid dienone is 8. The van der Waals surface area contributed by atoms with Crippen molar-refractivity contribution in [3.05, 3.63) is 48.6 Å². The molecule has 6 unspecified atom stereocenters. The highest BCUT2D eigenvalue weighted by Crippen LogP contribution is 2.26. The highest BCUT2D eigenvalue weighted by Gasteiger charge is 2.50. The Hall–Kier alpha value is -3.32. The Morgan fingerprint density at radius 1 is 0.440 bits per heavy atom. The molecule has 0 aromatic heterocycles. The van der Waals surface area contributed by atoms with Crippen LogP contribution in [0.5, 0.6) is 0 Å². The van der Waals surface area contributed by atoms with E-state index in [4.69, 9.17) is 23.7 Å². The Kier molecular flexibility index (Phi) is 47.8. The monoisotopic (exact) mass is 1060 g/mol. The van der Waals surface area contributed by atoms with E-state index in [0.717, 1.165) is 109 Å². The van der Waals surface area contributed by atoms with E-state index >= 15 is 0 Å². The number of ether oxygens (including phenoxy) is 5. The average Bonchev–Trinajstić information content (AvgIpc) is 3.39. The van der Waals surface area contributed by atoms with Gasteiger partial charge in [0.2, 0.25) is 0 Å². The van der Waals surface area contributed by atoms with E-state index in [0.29, 0.717) is 19.3 Å². The number of esters is 3. The van der Waals surface area contributed by atoms with Crippen LogP contribution in [0.1, 0.15) is 278 Å². The molecule has 0 aromatic carbocycles. The number of carbonyl (C=O) groups excluding carboxylic acids is 3. The number of hydrogen-bond acceptors (Lipinski definition) is 11. The molecule has 0 amide bonds. The van der Waals surface area contributed by atoms with Crippen molar-refractivity contribution in [3.63, 3.8) is 0 Å². The number of rotatable bonds is 52. The van der Waals surface area contributed by atoms with Gasteiger partial charge in [-0.15, -0.1) is 0 Å². The molecule has 1 saturated heterocycles. The molecule has 1 aliphatic heterocycles. The van der Waals surface area contributed by atoms with Gasteiger partial charge in [-0.3, -0.25) is 14.4 Å². The molecule has 3 N–H and O–H groups in total. The summed E-state index contributed by atoms with van der Waals surface area (Å²) in [5.74, 6) is -3.14. The Bertz CT molecular complexity index is 1490. The van der Waals surface area contributed by atoms with Crippen molar-refractivity contribution < 1.29 is 58.2 Å². The summed E-state index contributed by atoms with van der Waals surface area (Å²) in [5.41, 5.74) is 0. The van der Waals surface area contributed by atoms with Crippen LogP contribution < -0.4 is 0 Å². The largest absolute Gasteiger partial charge is 0.479 e. The lowest BCUT2D eigenvalue weighted by Crippen LogP contribution is -2.61. The standard InChI is InChI=1S/C63H110O12/c1-4-7-10-13-16-19-22-25-26-27-28-29-30-33-34-37-40-43-46-49-55(64)71-52-54(73-56(65)50-47-44-41-38-35-31-23-20-17-14-11-8-5-2)53-72-63-61(59(68)58(67)60(75-63)62(69)70)74-57(66)51-48-45-42-39-36-32-24-21-18-15-12-9-6-3/h11,14,20-21,23-26,54,58-61,63,67-68H,4-10,12-13,15-19,22,27-53H2,1-3H3,(H,69,70)/b14-11-,23-20-,24-21-,26-25-. The van der Waals surface area contributed by atoms with Gasteiger partial charge in [-0.05, 0) is 96.3 Å². The van der Waals surface area contributed by atoms with Gasteiger partial charge in [0.1, 0.15) is 18.8 Å². The minimum Gasteiger partial charge on any atom is -0.479 e. The maximum atomic E-state index is 13.1. The fourth-order valence-corrected chi connectivity index (χ4v) is 9.10. The number of unbranched alkanes of at least 4 members (excludes halogenated alkanes) is 30. The molecule has 6 atom stereocenters. The van der Waals surface area contributed by atoms with Gasteiger partial charge in [-0.25, -0.2) is 4.79 Å². The number of carboxylic acids is 1. The lowest BCUT2D eigenvalue weighted by molar-refractivity contribution is -0.301. The third kappa shape index (κ3) is 41.5. The topological polar surface area (TPSA) is 175 Å². The van der Waals surface area contributed by atoms with E-state index in [-0.39, 0.29) is 25.9 Å². The second kappa shape index (κ2) is 51.4. The first-order valence-electron chi connectivity index (χ1n) is 30.6. The molecule has 0 aliphatic carbocycles. The van der Waals surface area contributed by atoms with Gasteiger partial charge < -0.3 is 39.0 Å². The highest BCUT2D eigenvalue weighted by molar-refractivity contribution is 5.74. The molecule has 1 rings (SSSR count). The number of aliphatic hydroxyl groups excluding tert-OH is 2. The number of carboxylic acid groups (broad SMARTS) is 1. The molecular weight excluding hydrogens is 949 g/mol. The van der Waals surface area contributed by atoms with E-state index in [1.165, 1.54) is 109 Å². The zero-order valence-corrected chi connectivity index (χ0v) is 47.8. The van der Waals surface area contributed by atoms with Gasteiger partial charge in [0, 0.05) is 19.3 Å². The van der Waals surface area contributed by atoms with Gasteiger partial charge >= 0.3 is 23.9 Å². The van der Waals surface area contributed by atoms with Crippen LogP contribution in [0.25, 0.3) is 0 Å². The molecular formula is C63H110O12. The van der Waals surface area contributed by atoms with Gasteiger partial charge in [-0.1, -0.05) is 211 Å². The Morgan fingerprint density at radius 3 is 1.28 bits per heavy atom. The highest BCUT2D eigenvalue weighted by atomic mass is 16.7. The molecule has 0 spiro atoms. The maximum absolute atomic E-state index is 13.1. The van der Waals surface area contributed by atoms with Gasteiger partial charge in [0.05, 0.1) is 6.61 Å². The molecule has 12 heteroatoms. The zero-order chi connectivity index (χ0) is 54.7. The minimum absolute atomic E-state index is 0.0496. The molecule has 1 aliphatic rings. The van der Waals surface area contributed by atoms with Crippen LogP contribution in [0.15, 0.2) is 48.6 Å². The number of carbonyl (C=O) groups is 4. The normalized spacial score (nSPS) is 18.4. The Morgan fingerprint density at radius 2 is 0.827 bits per heavy atom. The number of aliphatic hydroxyl groups is 2. The molecule has 1 fully saturated rings. The second-order valence-electron chi connectivity index (χ2n) is 21.0. The summed E-state index contributed by atoms with van der Waals surface area (Å²) in [6.07, 6.45) is 49.4. The molecule has 0 aromatic rings. The SMILES string of the molecule is CCC/C=C\C/C=C\CCCCCCCC(=O)OC(COC(=O)CCCCCCCCCCC/C=C\CCCCCCCC)COC1OC(C(=O)O)C(O)C(O)C1OC(=O)CCCCCCC/C=C\CCCCCC. The Labute approximate surface area is 456 Å². The molecule has 1 heterocycles. The fraction of sp³-hybridized carbons (Fsp3) is 0.810. The third-order valence-electron chi connectivity index (χ3n) is 13.8. The van der Waals surface area contributed by atoms with Crippen molar-refractivity contribution in [1.29, 1.82) is 0 Å². The molecule has 12 nitrogen and oxygen atoms in total. The van der Waals surface area contributed by atoms with Gasteiger partial charge in [-0.2, -0.15) is 0 Å². The fourth-order valence-electron chi connectivity index (χ4n) is 9.10. The van der Waals surface area contributed by atoms with Crippen LogP contribution in [-0.4, -0.2) is 89.2 Å². The van der Waals surface area contributed by atoms with Gasteiger partial charge in [0.25, 0.3) is 0 Å². The van der Waals surface area contributed by atoms with Crippen LogP contribution in [0.4, 0.5) is 0 Å². The summed E-state index contributed by atoms with van der Waals surface area (Å²) >= 11 is 0. The Balaban J connectivity index is 2.66. The van der Waals surface area contributed by atoms with E-state index in [1.807, 2.05) is 0 Å². The molecule has 0 bridgehead atoms. The van der Waals surface area contributed by atoms with Crippen molar-refractivity contribution in [2.45, 2.75) is 314 Å².